The van der Waals surface area contributed by atoms with Crippen molar-refractivity contribution >= 4 is 11.7 Å². The zero-order valence-corrected chi connectivity index (χ0v) is 17.5. The molecule has 3 heterocycles. The second kappa shape index (κ2) is 9.40. The quantitative estimate of drug-likeness (QED) is 0.797. The minimum Gasteiger partial charge on any atom is -0.354 e. The van der Waals surface area contributed by atoms with Gasteiger partial charge in [0.15, 0.2) is 0 Å². The van der Waals surface area contributed by atoms with Crippen molar-refractivity contribution in [3.63, 3.8) is 0 Å². The summed E-state index contributed by atoms with van der Waals surface area (Å²) >= 11 is 0. The van der Waals surface area contributed by atoms with Gasteiger partial charge in [-0.25, -0.2) is 4.98 Å². The monoisotopic (exact) mass is 392 g/mol. The van der Waals surface area contributed by atoms with E-state index in [1.165, 1.54) is 5.56 Å². The van der Waals surface area contributed by atoms with Gasteiger partial charge in [-0.3, -0.25) is 4.79 Å². The number of anilines is 1. The number of rotatable bonds is 4. The largest absolute Gasteiger partial charge is 0.354 e. The Balaban J connectivity index is 1.36. The van der Waals surface area contributed by atoms with Gasteiger partial charge in [-0.15, -0.1) is 0 Å². The second-order valence-electron chi connectivity index (χ2n) is 8.16. The summed E-state index contributed by atoms with van der Waals surface area (Å²) in [6.45, 7) is 9.13. The van der Waals surface area contributed by atoms with Crippen LogP contribution in [-0.2, 0) is 0 Å². The van der Waals surface area contributed by atoms with E-state index in [0.717, 1.165) is 70.9 Å². The summed E-state index contributed by atoms with van der Waals surface area (Å²) in [7, 11) is 0. The first-order chi connectivity index (χ1) is 14.2. The van der Waals surface area contributed by atoms with Crippen LogP contribution in [0.4, 0.5) is 5.82 Å². The fourth-order valence-electron chi connectivity index (χ4n) is 4.53. The van der Waals surface area contributed by atoms with Crippen LogP contribution in [0.15, 0.2) is 48.7 Å². The summed E-state index contributed by atoms with van der Waals surface area (Å²) in [5, 5.41) is 0. The van der Waals surface area contributed by atoms with Crippen molar-refractivity contribution in [2.24, 2.45) is 0 Å². The molecule has 5 heteroatoms. The van der Waals surface area contributed by atoms with Gasteiger partial charge in [0.25, 0.3) is 5.91 Å². The zero-order valence-electron chi connectivity index (χ0n) is 17.5. The number of piperazine rings is 1. The molecule has 0 unspecified atom stereocenters. The molecule has 0 saturated carbocycles. The topological polar surface area (TPSA) is 39.7 Å². The molecule has 2 aliphatic heterocycles. The van der Waals surface area contributed by atoms with E-state index in [-0.39, 0.29) is 5.91 Å². The Morgan fingerprint density at radius 2 is 1.76 bits per heavy atom. The van der Waals surface area contributed by atoms with Crippen LogP contribution < -0.4 is 4.90 Å². The standard InChI is InChI=1S/C24H32N4O/c1-2-26-15-17-27(18-16-26)23-11-10-22(19-25-23)24(29)28-13-6-9-21(12-14-28)20-7-4-3-5-8-20/h3-5,7-8,10-11,19,21H,2,6,9,12-18H2,1H3/t21-/m1/s1. The van der Waals surface area contributed by atoms with E-state index in [4.69, 9.17) is 0 Å². The minimum absolute atomic E-state index is 0.119. The van der Waals surface area contributed by atoms with Gasteiger partial charge >= 0.3 is 0 Å². The van der Waals surface area contributed by atoms with E-state index in [1.54, 1.807) is 6.20 Å². The van der Waals surface area contributed by atoms with Crippen molar-refractivity contribution in [2.75, 3.05) is 50.7 Å². The number of amides is 1. The fourth-order valence-corrected chi connectivity index (χ4v) is 4.53. The summed E-state index contributed by atoms with van der Waals surface area (Å²) in [6, 6.07) is 14.7. The Morgan fingerprint density at radius 3 is 2.45 bits per heavy atom. The van der Waals surface area contributed by atoms with Crippen molar-refractivity contribution in [1.29, 1.82) is 0 Å². The van der Waals surface area contributed by atoms with Gasteiger partial charge < -0.3 is 14.7 Å². The molecule has 154 valence electrons. The van der Waals surface area contributed by atoms with E-state index < -0.39 is 0 Å². The predicted molar refractivity (Wildman–Crippen MR) is 118 cm³/mol. The minimum atomic E-state index is 0.119. The van der Waals surface area contributed by atoms with E-state index >= 15 is 0 Å². The number of nitrogens with zero attached hydrogens (tertiary/aromatic N) is 4. The average Bonchev–Trinajstić information content (AvgIpc) is 3.06. The SMILES string of the molecule is CCN1CCN(c2ccc(C(=O)N3CCC[C@@H](c4ccccc4)CC3)cn2)CC1. The van der Waals surface area contributed by atoms with E-state index in [2.05, 4.69) is 52.0 Å². The molecule has 2 saturated heterocycles. The molecule has 2 aromatic rings. The first-order valence-corrected chi connectivity index (χ1v) is 11.0. The lowest BCUT2D eigenvalue weighted by molar-refractivity contribution is 0.0760. The molecule has 0 radical (unpaired) electrons. The zero-order chi connectivity index (χ0) is 20.1. The first kappa shape index (κ1) is 19.9. The highest BCUT2D eigenvalue weighted by atomic mass is 16.2. The number of hydrogen-bond donors (Lipinski definition) is 0. The molecule has 2 fully saturated rings. The van der Waals surface area contributed by atoms with Crippen LogP contribution in [0.2, 0.25) is 0 Å². The molecular formula is C24H32N4O. The Kier molecular flexibility index (Phi) is 6.45. The number of aromatic nitrogens is 1. The Morgan fingerprint density at radius 1 is 0.966 bits per heavy atom. The van der Waals surface area contributed by atoms with Gasteiger partial charge in [0, 0.05) is 45.5 Å². The molecule has 1 amide bonds. The van der Waals surface area contributed by atoms with Gasteiger partial charge in [-0.1, -0.05) is 37.3 Å². The molecule has 2 aliphatic rings. The van der Waals surface area contributed by atoms with Crippen molar-refractivity contribution in [1.82, 2.24) is 14.8 Å². The van der Waals surface area contributed by atoms with E-state index in [0.29, 0.717) is 11.5 Å². The predicted octanol–water partition coefficient (Wildman–Crippen LogP) is 3.63. The van der Waals surface area contributed by atoms with Crippen LogP contribution in [0.5, 0.6) is 0 Å². The highest BCUT2D eigenvalue weighted by Crippen LogP contribution is 2.28. The van der Waals surface area contributed by atoms with Crippen LogP contribution in [0.3, 0.4) is 0 Å². The summed E-state index contributed by atoms with van der Waals surface area (Å²) in [5.74, 6) is 1.65. The highest BCUT2D eigenvalue weighted by molar-refractivity contribution is 5.94. The lowest BCUT2D eigenvalue weighted by Gasteiger charge is -2.34. The first-order valence-electron chi connectivity index (χ1n) is 11.0. The maximum absolute atomic E-state index is 13.0. The third kappa shape index (κ3) is 4.78. The molecular weight excluding hydrogens is 360 g/mol. The summed E-state index contributed by atoms with van der Waals surface area (Å²) in [5.41, 5.74) is 2.11. The van der Waals surface area contributed by atoms with Crippen LogP contribution in [-0.4, -0.2) is 66.5 Å². The van der Waals surface area contributed by atoms with E-state index in [9.17, 15) is 4.79 Å². The molecule has 5 nitrogen and oxygen atoms in total. The van der Waals surface area contributed by atoms with Crippen molar-refractivity contribution < 1.29 is 4.79 Å². The van der Waals surface area contributed by atoms with Gasteiger partial charge in [0.05, 0.1) is 5.56 Å². The molecule has 1 atom stereocenters. The number of carbonyl (C=O) groups excluding carboxylic acids is 1. The molecule has 1 aromatic carbocycles. The molecule has 0 bridgehead atoms. The third-order valence-electron chi connectivity index (χ3n) is 6.42. The Hall–Kier alpha value is -2.40. The van der Waals surface area contributed by atoms with Crippen molar-refractivity contribution in [3.8, 4) is 0 Å². The van der Waals surface area contributed by atoms with Gasteiger partial charge in [-0.2, -0.15) is 0 Å². The lowest BCUT2D eigenvalue weighted by Crippen LogP contribution is -2.46. The van der Waals surface area contributed by atoms with Crippen molar-refractivity contribution in [2.45, 2.75) is 32.1 Å². The summed E-state index contributed by atoms with van der Waals surface area (Å²) < 4.78 is 0. The van der Waals surface area contributed by atoms with Gasteiger partial charge in [-0.05, 0) is 49.4 Å². The number of likely N-dealkylation sites (N-methyl/N-ethyl adjacent to an activating group) is 1. The van der Waals surface area contributed by atoms with Crippen LogP contribution >= 0.6 is 0 Å². The lowest BCUT2D eigenvalue weighted by atomic mass is 9.92. The maximum atomic E-state index is 13.0. The molecule has 4 rings (SSSR count). The van der Waals surface area contributed by atoms with Crippen LogP contribution in [0, 0.1) is 0 Å². The Bertz CT molecular complexity index is 784. The van der Waals surface area contributed by atoms with Gasteiger partial charge in [0.1, 0.15) is 5.82 Å². The number of hydrogen-bond acceptors (Lipinski definition) is 4. The molecule has 1 aromatic heterocycles. The van der Waals surface area contributed by atoms with Crippen LogP contribution in [0.25, 0.3) is 0 Å². The fraction of sp³-hybridized carbons (Fsp3) is 0.500. The third-order valence-corrected chi connectivity index (χ3v) is 6.42. The average molecular weight is 393 g/mol. The van der Waals surface area contributed by atoms with Crippen LogP contribution in [0.1, 0.15) is 48.0 Å². The smallest absolute Gasteiger partial charge is 0.255 e. The number of carbonyl (C=O) groups is 1. The van der Waals surface area contributed by atoms with Gasteiger partial charge in [0.2, 0.25) is 0 Å². The Labute approximate surface area is 174 Å². The number of pyridine rings is 1. The highest BCUT2D eigenvalue weighted by Gasteiger charge is 2.23. The van der Waals surface area contributed by atoms with Crippen molar-refractivity contribution in [3.05, 3.63) is 59.8 Å². The second-order valence-corrected chi connectivity index (χ2v) is 8.16. The number of benzene rings is 1. The number of likely N-dealkylation sites (tertiary alicyclic amines) is 1. The normalized spacial score (nSPS) is 21.1. The van der Waals surface area contributed by atoms with E-state index in [1.807, 2.05) is 17.0 Å². The summed E-state index contributed by atoms with van der Waals surface area (Å²) in [6.07, 6.45) is 5.00. The maximum Gasteiger partial charge on any atom is 0.255 e. The molecule has 0 spiro atoms. The molecule has 29 heavy (non-hydrogen) atoms. The summed E-state index contributed by atoms with van der Waals surface area (Å²) in [4.78, 5) is 24.4. The molecule has 0 aliphatic carbocycles. The molecule has 0 N–H and O–H groups in total.